The van der Waals surface area contributed by atoms with Gasteiger partial charge in [0.15, 0.2) is 0 Å². The highest BCUT2D eigenvalue weighted by Crippen LogP contribution is 2.21. The molecule has 0 unspecified atom stereocenters. The highest BCUT2D eigenvalue weighted by molar-refractivity contribution is 8.13. The Morgan fingerprint density at radius 1 is 1.05 bits per heavy atom. The summed E-state index contributed by atoms with van der Waals surface area (Å²) in [4.78, 5) is 16.7. The van der Waals surface area contributed by atoms with Gasteiger partial charge in [-0.3, -0.25) is 9.69 Å². The zero-order valence-corrected chi connectivity index (χ0v) is 13.9. The Kier molecular flexibility index (Phi) is 7.70. The number of hydrogen-bond donors (Lipinski definition) is 0. The Morgan fingerprint density at radius 3 is 2.05 bits per heavy atom. The lowest BCUT2D eigenvalue weighted by Crippen LogP contribution is -2.24. The normalized spacial score (nSPS) is 10.8. The molecule has 1 amide bonds. The van der Waals surface area contributed by atoms with Crippen LogP contribution in [0.25, 0.3) is 0 Å². The third-order valence-electron chi connectivity index (χ3n) is 2.98. The van der Waals surface area contributed by atoms with Crippen molar-refractivity contribution in [1.82, 2.24) is 9.80 Å². The molecule has 0 saturated carbocycles. The number of hydrogen-bond acceptors (Lipinski definition) is 3. The van der Waals surface area contributed by atoms with E-state index in [-0.39, 0.29) is 5.24 Å². The molecule has 20 heavy (non-hydrogen) atoms. The smallest absolute Gasteiger partial charge is 0.285 e. The van der Waals surface area contributed by atoms with Gasteiger partial charge in [-0.25, -0.2) is 0 Å². The SMILES string of the molecule is CCCN(CCC)Cc1ccc(SC(=O)N(C)C)cc1. The first-order valence-corrected chi connectivity index (χ1v) is 8.08. The van der Waals surface area contributed by atoms with Crippen molar-refractivity contribution in [3.63, 3.8) is 0 Å². The molecular formula is C16H26N2OS. The fraction of sp³-hybridized carbons (Fsp3) is 0.562. The monoisotopic (exact) mass is 294 g/mol. The van der Waals surface area contributed by atoms with Crippen LogP contribution in [0.15, 0.2) is 29.2 Å². The number of carbonyl (C=O) groups excluding carboxylic acids is 1. The van der Waals surface area contributed by atoms with Crippen LogP contribution in [-0.2, 0) is 6.54 Å². The highest BCUT2D eigenvalue weighted by atomic mass is 32.2. The van der Waals surface area contributed by atoms with Crippen LogP contribution in [0, 0.1) is 0 Å². The van der Waals surface area contributed by atoms with Crippen molar-refractivity contribution in [2.45, 2.75) is 38.1 Å². The van der Waals surface area contributed by atoms with Gasteiger partial charge in [0.05, 0.1) is 0 Å². The van der Waals surface area contributed by atoms with E-state index in [2.05, 4.69) is 30.9 Å². The molecule has 3 nitrogen and oxygen atoms in total. The number of benzene rings is 1. The molecule has 0 aliphatic rings. The number of amides is 1. The van der Waals surface area contributed by atoms with E-state index in [9.17, 15) is 4.79 Å². The molecule has 0 N–H and O–H groups in total. The minimum Gasteiger partial charge on any atom is -0.339 e. The van der Waals surface area contributed by atoms with Gasteiger partial charge in [0.2, 0.25) is 0 Å². The van der Waals surface area contributed by atoms with Crippen molar-refractivity contribution in [1.29, 1.82) is 0 Å². The van der Waals surface area contributed by atoms with Crippen LogP contribution in [0.3, 0.4) is 0 Å². The second-order valence-electron chi connectivity index (χ2n) is 5.18. The molecule has 1 aromatic carbocycles. The van der Waals surface area contributed by atoms with Gasteiger partial charge < -0.3 is 4.90 Å². The average Bonchev–Trinajstić information content (AvgIpc) is 2.41. The highest BCUT2D eigenvalue weighted by Gasteiger charge is 2.07. The summed E-state index contributed by atoms with van der Waals surface area (Å²) in [7, 11) is 3.55. The lowest BCUT2D eigenvalue weighted by atomic mass is 10.2. The molecule has 0 spiro atoms. The predicted octanol–water partition coefficient (Wildman–Crippen LogP) is 4.08. The second kappa shape index (κ2) is 9.03. The predicted molar refractivity (Wildman–Crippen MR) is 87.2 cm³/mol. The zero-order chi connectivity index (χ0) is 15.0. The number of carbonyl (C=O) groups is 1. The summed E-state index contributed by atoms with van der Waals surface area (Å²) in [6.07, 6.45) is 2.37. The van der Waals surface area contributed by atoms with Crippen LogP contribution in [0.2, 0.25) is 0 Å². The fourth-order valence-electron chi connectivity index (χ4n) is 2.02. The standard InChI is InChI=1S/C16H26N2OS/c1-5-11-18(12-6-2)13-14-7-9-15(10-8-14)20-16(19)17(3)4/h7-10H,5-6,11-13H2,1-4H3. The molecule has 0 bridgehead atoms. The zero-order valence-electron chi connectivity index (χ0n) is 13.1. The van der Waals surface area contributed by atoms with Crippen molar-refractivity contribution in [2.24, 2.45) is 0 Å². The van der Waals surface area contributed by atoms with E-state index in [1.54, 1.807) is 19.0 Å². The van der Waals surface area contributed by atoms with Gasteiger partial charge >= 0.3 is 0 Å². The molecule has 0 aliphatic carbocycles. The first-order chi connectivity index (χ1) is 9.56. The Hall–Kier alpha value is -1.00. The molecule has 0 aliphatic heterocycles. The Bertz CT molecular complexity index is 397. The molecule has 0 fully saturated rings. The first kappa shape index (κ1) is 17.1. The van der Waals surface area contributed by atoms with Crippen molar-refractivity contribution in [3.05, 3.63) is 29.8 Å². The molecule has 0 saturated heterocycles. The van der Waals surface area contributed by atoms with E-state index >= 15 is 0 Å². The van der Waals surface area contributed by atoms with Crippen LogP contribution >= 0.6 is 11.8 Å². The van der Waals surface area contributed by atoms with Crippen LogP contribution in [0.1, 0.15) is 32.3 Å². The largest absolute Gasteiger partial charge is 0.339 e. The Labute approximate surface area is 127 Å². The van der Waals surface area contributed by atoms with E-state index < -0.39 is 0 Å². The maximum atomic E-state index is 11.6. The third kappa shape index (κ3) is 5.97. The Balaban J connectivity index is 2.59. The van der Waals surface area contributed by atoms with Gasteiger partial charge in [-0.15, -0.1) is 0 Å². The molecule has 0 atom stereocenters. The summed E-state index contributed by atoms with van der Waals surface area (Å²) in [6, 6.07) is 8.34. The van der Waals surface area contributed by atoms with Crippen LogP contribution in [0.4, 0.5) is 4.79 Å². The minimum atomic E-state index is 0.0661. The van der Waals surface area contributed by atoms with Gasteiger partial charge in [0, 0.05) is 25.5 Å². The van der Waals surface area contributed by atoms with Gasteiger partial charge in [-0.1, -0.05) is 26.0 Å². The van der Waals surface area contributed by atoms with Gasteiger partial charge in [0.25, 0.3) is 5.24 Å². The Morgan fingerprint density at radius 2 is 1.60 bits per heavy atom. The molecule has 0 heterocycles. The number of nitrogens with zero attached hydrogens (tertiary/aromatic N) is 2. The minimum absolute atomic E-state index is 0.0661. The van der Waals surface area contributed by atoms with Gasteiger partial charge in [0.1, 0.15) is 0 Å². The van der Waals surface area contributed by atoms with Crippen molar-refractivity contribution >= 4 is 17.0 Å². The quantitative estimate of drug-likeness (QED) is 0.708. The van der Waals surface area contributed by atoms with Gasteiger partial charge in [-0.2, -0.15) is 0 Å². The number of rotatable bonds is 7. The summed E-state index contributed by atoms with van der Waals surface area (Å²) >= 11 is 1.27. The molecular weight excluding hydrogens is 268 g/mol. The molecule has 0 aromatic heterocycles. The maximum absolute atomic E-state index is 11.6. The summed E-state index contributed by atoms with van der Waals surface area (Å²) in [5, 5.41) is 0.0661. The summed E-state index contributed by atoms with van der Waals surface area (Å²) in [6.45, 7) is 7.71. The van der Waals surface area contributed by atoms with Crippen LogP contribution < -0.4 is 0 Å². The molecule has 112 valence electrons. The van der Waals surface area contributed by atoms with Crippen molar-refractivity contribution < 1.29 is 4.79 Å². The van der Waals surface area contributed by atoms with E-state index in [1.807, 2.05) is 12.1 Å². The summed E-state index contributed by atoms with van der Waals surface area (Å²) in [5.74, 6) is 0. The molecule has 4 heteroatoms. The van der Waals surface area contributed by atoms with E-state index in [0.717, 1.165) is 24.5 Å². The third-order valence-corrected chi connectivity index (χ3v) is 4.03. The first-order valence-electron chi connectivity index (χ1n) is 7.27. The topological polar surface area (TPSA) is 23.6 Å². The van der Waals surface area contributed by atoms with Crippen LogP contribution in [-0.4, -0.2) is 42.2 Å². The molecule has 1 aromatic rings. The lowest BCUT2D eigenvalue weighted by molar-refractivity contribution is 0.241. The van der Waals surface area contributed by atoms with E-state index in [1.165, 1.54) is 30.2 Å². The number of thioether (sulfide) groups is 1. The summed E-state index contributed by atoms with van der Waals surface area (Å²) in [5.41, 5.74) is 1.31. The van der Waals surface area contributed by atoms with Crippen molar-refractivity contribution in [2.75, 3.05) is 27.2 Å². The molecule has 1 rings (SSSR count). The fourth-order valence-corrected chi connectivity index (χ4v) is 2.67. The van der Waals surface area contributed by atoms with Gasteiger partial charge in [-0.05, 0) is 55.4 Å². The van der Waals surface area contributed by atoms with Crippen LogP contribution in [0.5, 0.6) is 0 Å². The lowest BCUT2D eigenvalue weighted by Gasteiger charge is -2.21. The maximum Gasteiger partial charge on any atom is 0.285 e. The molecule has 0 radical (unpaired) electrons. The average molecular weight is 294 g/mol. The summed E-state index contributed by atoms with van der Waals surface area (Å²) < 4.78 is 0. The van der Waals surface area contributed by atoms with E-state index in [4.69, 9.17) is 0 Å². The second-order valence-corrected chi connectivity index (χ2v) is 6.21. The van der Waals surface area contributed by atoms with E-state index in [0.29, 0.717) is 0 Å². The van der Waals surface area contributed by atoms with Crippen molar-refractivity contribution in [3.8, 4) is 0 Å².